The SMILES string of the molecule is COC[C@@H](Cc1ccccc1)CC(C)C. The van der Waals surface area contributed by atoms with Crippen LogP contribution in [-0.4, -0.2) is 13.7 Å². The van der Waals surface area contributed by atoms with Crippen molar-refractivity contribution in [2.75, 3.05) is 13.7 Å². The summed E-state index contributed by atoms with van der Waals surface area (Å²) in [4.78, 5) is 0. The molecule has 0 saturated carbocycles. The van der Waals surface area contributed by atoms with Crippen LogP contribution in [0.5, 0.6) is 0 Å². The summed E-state index contributed by atoms with van der Waals surface area (Å²) in [6, 6.07) is 10.7. The molecule has 1 aromatic carbocycles. The van der Waals surface area contributed by atoms with Crippen molar-refractivity contribution in [3.8, 4) is 0 Å². The number of hydrogen-bond acceptors (Lipinski definition) is 1. The lowest BCUT2D eigenvalue weighted by Gasteiger charge is -2.18. The summed E-state index contributed by atoms with van der Waals surface area (Å²) >= 11 is 0. The third kappa shape index (κ3) is 4.98. The van der Waals surface area contributed by atoms with Crippen LogP contribution < -0.4 is 0 Å². The second kappa shape index (κ2) is 6.62. The minimum absolute atomic E-state index is 0.650. The van der Waals surface area contributed by atoms with Crippen molar-refractivity contribution in [2.45, 2.75) is 26.7 Å². The van der Waals surface area contributed by atoms with Gasteiger partial charge in [-0.15, -0.1) is 0 Å². The Morgan fingerprint density at radius 3 is 2.33 bits per heavy atom. The zero-order valence-electron chi connectivity index (χ0n) is 10.1. The predicted molar refractivity (Wildman–Crippen MR) is 65.0 cm³/mol. The fourth-order valence-corrected chi connectivity index (χ4v) is 2.06. The Bertz CT molecular complexity index is 253. The van der Waals surface area contributed by atoms with Crippen molar-refractivity contribution >= 4 is 0 Å². The molecule has 0 N–H and O–H groups in total. The molecule has 0 aliphatic carbocycles. The van der Waals surface area contributed by atoms with E-state index in [4.69, 9.17) is 4.74 Å². The molecule has 1 atom stereocenters. The third-order valence-electron chi connectivity index (χ3n) is 2.57. The first-order chi connectivity index (χ1) is 7.22. The first-order valence-corrected chi connectivity index (χ1v) is 5.75. The third-order valence-corrected chi connectivity index (χ3v) is 2.57. The summed E-state index contributed by atoms with van der Waals surface area (Å²) in [5.41, 5.74) is 1.42. The Morgan fingerprint density at radius 2 is 1.80 bits per heavy atom. The van der Waals surface area contributed by atoms with E-state index in [0.717, 1.165) is 18.9 Å². The maximum Gasteiger partial charge on any atom is 0.0493 e. The highest BCUT2D eigenvalue weighted by molar-refractivity contribution is 5.15. The lowest BCUT2D eigenvalue weighted by atomic mass is 9.92. The Hall–Kier alpha value is -0.820. The number of rotatable bonds is 6. The van der Waals surface area contributed by atoms with Gasteiger partial charge in [0.05, 0.1) is 0 Å². The van der Waals surface area contributed by atoms with Gasteiger partial charge in [0.15, 0.2) is 0 Å². The highest BCUT2D eigenvalue weighted by Gasteiger charge is 2.11. The largest absolute Gasteiger partial charge is 0.384 e. The van der Waals surface area contributed by atoms with Crippen molar-refractivity contribution in [1.29, 1.82) is 0 Å². The van der Waals surface area contributed by atoms with E-state index >= 15 is 0 Å². The smallest absolute Gasteiger partial charge is 0.0493 e. The molecular weight excluding hydrogens is 184 g/mol. The van der Waals surface area contributed by atoms with E-state index in [1.54, 1.807) is 7.11 Å². The van der Waals surface area contributed by atoms with Crippen LogP contribution >= 0.6 is 0 Å². The van der Waals surface area contributed by atoms with Crippen molar-refractivity contribution in [1.82, 2.24) is 0 Å². The average molecular weight is 206 g/mol. The van der Waals surface area contributed by atoms with Gasteiger partial charge in [-0.05, 0) is 30.2 Å². The Balaban J connectivity index is 2.50. The minimum atomic E-state index is 0.650. The quantitative estimate of drug-likeness (QED) is 0.691. The van der Waals surface area contributed by atoms with Crippen molar-refractivity contribution in [2.24, 2.45) is 11.8 Å². The van der Waals surface area contributed by atoms with Crippen LogP contribution in [0.25, 0.3) is 0 Å². The summed E-state index contributed by atoms with van der Waals surface area (Å²) in [6.45, 7) is 5.41. The van der Waals surface area contributed by atoms with Gasteiger partial charge in [-0.25, -0.2) is 0 Å². The van der Waals surface area contributed by atoms with Gasteiger partial charge in [-0.3, -0.25) is 0 Å². The van der Waals surface area contributed by atoms with E-state index in [2.05, 4.69) is 44.2 Å². The number of methoxy groups -OCH3 is 1. The molecule has 1 nitrogen and oxygen atoms in total. The molecule has 0 heterocycles. The maximum atomic E-state index is 5.28. The van der Waals surface area contributed by atoms with E-state index in [1.807, 2.05) is 0 Å². The van der Waals surface area contributed by atoms with Gasteiger partial charge < -0.3 is 4.74 Å². The Kier molecular flexibility index (Phi) is 5.41. The molecule has 1 rings (SSSR count). The van der Waals surface area contributed by atoms with E-state index in [9.17, 15) is 0 Å². The molecule has 0 aliphatic heterocycles. The highest BCUT2D eigenvalue weighted by Crippen LogP contribution is 2.17. The van der Waals surface area contributed by atoms with Gasteiger partial charge in [0.1, 0.15) is 0 Å². The first kappa shape index (κ1) is 12.3. The standard InChI is InChI=1S/C14H22O/c1-12(2)9-14(11-15-3)10-13-7-5-4-6-8-13/h4-8,12,14H,9-11H2,1-3H3/t14-/m1/s1. The highest BCUT2D eigenvalue weighted by atomic mass is 16.5. The van der Waals surface area contributed by atoms with Gasteiger partial charge in [0.2, 0.25) is 0 Å². The first-order valence-electron chi connectivity index (χ1n) is 5.75. The topological polar surface area (TPSA) is 9.23 Å². The average Bonchev–Trinajstić information content (AvgIpc) is 2.18. The normalized spacial score (nSPS) is 13.1. The van der Waals surface area contributed by atoms with Crippen molar-refractivity contribution < 1.29 is 4.74 Å². The van der Waals surface area contributed by atoms with E-state index in [-0.39, 0.29) is 0 Å². The van der Waals surface area contributed by atoms with Crippen molar-refractivity contribution in [3.05, 3.63) is 35.9 Å². The molecule has 0 radical (unpaired) electrons. The molecule has 0 amide bonds. The van der Waals surface area contributed by atoms with Crippen LogP contribution in [0.15, 0.2) is 30.3 Å². The molecule has 0 saturated heterocycles. The summed E-state index contributed by atoms with van der Waals surface area (Å²) in [5.74, 6) is 1.39. The number of ether oxygens (including phenoxy) is 1. The minimum Gasteiger partial charge on any atom is -0.384 e. The summed E-state index contributed by atoms with van der Waals surface area (Å²) in [5, 5.41) is 0. The molecule has 1 heteroatoms. The Labute approximate surface area is 93.5 Å². The summed E-state index contributed by atoms with van der Waals surface area (Å²) < 4.78 is 5.28. The second-order valence-electron chi connectivity index (χ2n) is 4.64. The van der Waals surface area contributed by atoms with Crippen molar-refractivity contribution in [3.63, 3.8) is 0 Å². The zero-order chi connectivity index (χ0) is 11.1. The fourth-order valence-electron chi connectivity index (χ4n) is 2.06. The molecular formula is C14H22O. The molecule has 0 aliphatic rings. The molecule has 0 fully saturated rings. The molecule has 0 aromatic heterocycles. The molecule has 84 valence electrons. The lowest BCUT2D eigenvalue weighted by Crippen LogP contribution is -2.14. The number of benzene rings is 1. The van der Waals surface area contributed by atoms with Crippen LogP contribution in [-0.2, 0) is 11.2 Å². The van der Waals surface area contributed by atoms with E-state index < -0.39 is 0 Å². The molecule has 15 heavy (non-hydrogen) atoms. The van der Waals surface area contributed by atoms with Gasteiger partial charge in [0.25, 0.3) is 0 Å². The maximum absolute atomic E-state index is 5.28. The van der Waals surface area contributed by atoms with Crippen LogP contribution in [0.1, 0.15) is 25.8 Å². The van der Waals surface area contributed by atoms with E-state index in [0.29, 0.717) is 5.92 Å². The van der Waals surface area contributed by atoms with Gasteiger partial charge in [-0.1, -0.05) is 44.2 Å². The van der Waals surface area contributed by atoms with Gasteiger partial charge >= 0.3 is 0 Å². The summed E-state index contributed by atoms with van der Waals surface area (Å²) in [7, 11) is 1.79. The van der Waals surface area contributed by atoms with Gasteiger partial charge in [0, 0.05) is 13.7 Å². The Morgan fingerprint density at radius 1 is 1.13 bits per heavy atom. The van der Waals surface area contributed by atoms with Crippen LogP contribution in [0.4, 0.5) is 0 Å². The predicted octanol–water partition coefficient (Wildman–Crippen LogP) is 3.54. The second-order valence-corrected chi connectivity index (χ2v) is 4.64. The number of hydrogen-bond donors (Lipinski definition) is 0. The van der Waals surface area contributed by atoms with E-state index in [1.165, 1.54) is 12.0 Å². The zero-order valence-corrected chi connectivity index (χ0v) is 10.1. The van der Waals surface area contributed by atoms with Crippen LogP contribution in [0.2, 0.25) is 0 Å². The van der Waals surface area contributed by atoms with Gasteiger partial charge in [-0.2, -0.15) is 0 Å². The molecule has 0 spiro atoms. The molecule has 0 unspecified atom stereocenters. The van der Waals surface area contributed by atoms with Crippen LogP contribution in [0, 0.1) is 11.8 Å². The fraction of sp³-hybridized carbons (Fsp3) is 0.571. The monoisotopic (exact) mass is 206 g/mol. The molecule has 0 bridgehead atoms. The lowest BCUT2D eigenvalue weighted by molar-refractivity contribution is 0.140. The molecule has 1 aromatic rings. The summed E-state index contributed by atoms with van der Waals surface area (Å²) in [6.07, 6.45) is 2.37. The van der Waals surface area contributed by atoms with Crippen LogP contribution in [0.3, 0.4) is 0 Å².